The van der Waals surface area contributed by atoms with Gasteiger partial charge in [0.15, 0.2) is 10.7 Å². The van der Waals surface area contributed by atoms with E-state index in [0.717, 1.165) is 11.3 Å². The van der Waals surface area contributed by atoms with Gasteiger partial charge < -0.3 is 20.1 Å². The number of hydrogen-bond acceptors (Lipinski definition) is 6. The average Bonchev–Trinajstić information content (AvgIpc) is 2.95. The van der Waals surface area contributed by atoms with Crippen LogP contribution in [0.2, 0.25) is 0 Å². The highest BCUT2D eigenvalue weighted by Gasteiger charge is 2.34. The van der Waals surface area contributed by atoms with Crippen molar-refractivity contribution in [3.8, 4) is 0 Å². The third-order valence-corrected chi connectivity index (χ3v) is 3.67. The maximum atomic E-state index is 12.3. The van der Waals surface area contributed by atoms with Crippen molar-refractivity contribution >= 4 is 29.1 Å². The lowest BCUT2D eigenvalue weighted by Crippen LogP contribution is -2.55. The first-order chi connectivity index (χ1) is 9.54. The highest BCUT2D eigenvalue weighted by atomic mass is 32.1. The molecule has 0 aromatic carbocycles. The number of nitrogens with zero attached hydrogens (tertiary/aromatic N) is 2. The summed E-state index contributed by atoms with van der Waals surface area (Å²) >= 11 is 0.945. The fourth-order valence-corrected chi connectivity index (χ4v) is 2.57. The fraction of sp³-hybridized carbons (Fsp3) is 0.455. The van der Waals surface area contributed by atoms with Crippen LogP contribution in [-0.4, -0.2) is 65.6 Å². The largest absolute Gasteiger partial charge is 0.476 e. The first-order valence-electron chi connectivity index (χ1n) is 5.83. The molecule has 2 amide bonds. The molecule has 1 aromatic heterocycles. The minimum absolute atomic E-state index is 0.0539. The molecule has 0 radical (unpaired) electrons. The molecule has 9 heteroatoms. The molecule has 20 heavy (non-hydrogen) atoms. The maximum Gasteiger partial charge on any atom is 0.355 e. The molecule has 1 unspecified atom stereocenters. The van der Waals surface area contributed by atoms with E-state index >= 15 is 0 Å². The highest BCUT2D eigenvalue weighted by molar-refractivity contribution is 7.11. The van der Waals surface area contributed by atoms with Gasteiger partial charge in [0.2, 0.25) is 5.91 Å². The molecule has 2 rings (SSSR count). The van der Waals surface area contributed by atoms with E-state index in [1.165, 1.54) is 17.3 Å². The van der Waals surface area contributed by atoms with Crippen LogP contribution in [-0.2, 0) is 9.53 Å². The minimum atomic E-state index is -1.19. The molecule has 1 aliphatic rings. The molecule has 0 aliphatic carbocycles. The van der Waals surface area contributed by atoms with Crippen molar-refractivity contribution < 1.29 is 24.2 Å². The maximum absolute atomic E-state index is 12.3. The number of hydrogen-bond donors (Lipinski definition) is 2. The van der Waals surface area contributed by atoms with Gasteiger partial charge in [-0.05, 0) is 0 Å². The fourth-order valence-electron chi connectivity index (χ4n) is 1.82. The molecule has 2 heterocycles. The van der Waals surface area contributed by atoms with E-state index < -0.39 is 17.9 Å². The minimum Gasteiger partial charge on any atom is -0.476 e. The third kappa shape index (κ3) is 2.78. The van der Waals surface area contributed by atoms with Gasteiger partial charge in [-0.25, -0.2) is 9.78 Å². The molecule has 1 aliphatic heterocycles. The zero-order chi connectivity index (χ0) is 14.7. The number of aromatic carboxylic acids is 1. The number of carboxylic acids is 1. The Morgan fingerprint density at radius 3 is 2.90 bits per heavy atom. The Balaban J connectivity index is 2.20. The van der Waals surface area contributed by atoms with Gasteiger partial charge in [-0.2, -0.15) is 0 Å². The Morgan fingerprint density at radius 2 is 2.30 bits per heavy atom. The van der Waals surface area contributed by atoms with Crippen LogP contribution in [0.3, 0.4) is 0 Å². The molecule has 1 aromatic rings. The Bertz CT molecular complexity index is 544. The normalized spacial score (nSPS) is 18.6. The van der Waals surface area contributed by atoms with Crippen LogP contribution in [0.4, 0.5) is 0 Å². The molecule has 0 saturated carbocycles. The van der Waals surface area contributed by atoms with E-state index in [2.05, 4.69) is 10.3 Å². The van der Waals surface area contributed by atoms with E-state index in [4.69, 9.17) is 9.84 Å². The van der Waals surface area contributed by atoms with Crippen molar-refractivity contribution in [3.05, 3.63) is 16.1 Å². The first kappa shape index (κ1) is 14.4. The summed E-state index contributed by atoms with van der Waals surface area (Å²) < 4.78 is 5.20. The van der Waals surface area contributed by atoms with E-state index in [1.807, 2.05) is 0 Å². The smallest absolute Gasteiger partial charge is 0.355 e. The van der Waals surface area contributed by atoms with Crippen LogP contribution >= 0.6 is 11.3 Å². The second-order valence-electron chi connectivity index (χ2n) is 4.05. The predicted octanol–water partition coefficient (Wildman–Crippen LogP) is -0.572. The van der Waals surface area contributed by atoms with Crippen molar-refractivity contribution in [1.29, 1.82) is 0 Å². The number of thiazole rings is 1. The summed E-state index contributed by atoms with van der Waals surface area (Å²) in [5.74, 6) is -1.97. The summed E-state index contributed by atoms with van der Waals surface area (Å²) in [5.41, 5.74) is -0.178. The molecular formula is C11H13N3O5S. The lowest BCUT2D eigenvalue weighted by molar-refractivity contribution is -0.130. The number of nitrogens with one attached hydrogen (secondary N) is 1. The Hall–Kier alpha value is -2.00. The van der Waals surface area contributed by atoms with E-state index in [-0.39, 0.29) is 29.8 Å². The summed E-state index contributed by atoms with van der Waals surface area (Å²) in [6.07, 6.45) is 0. The van der Waals surface area contributed by atoms with E-state index in [1.54, 1.807) is 0 Å². The van der Waals surface area contributed by atoms with Gasteiger partial charge in [-0.1, -0.05) is 0 Å². The Morgan fingerprint density at radius 1 is 1.55 bits per heavy atom. The van der Waals surface area contributed by atoms with Crippen molar-refractivity contribution in [3.63, 3.8) is 0 Å². The predicted molar refractivity (Wildman–Crippen MR) is 68.8 cm³/mol. The van der Waals surface area contributed by atoms with Crippen LogP contribution in [0, 0.1) is 0 Å². The summed E-state index contributed by atoms with van der Waals surface area (Å²) in [4.78, 5) is 39.9. The van der Waals surface area contributed by atoms with Crippen molar-refractivity contribution in [2.24, 2.45) is 0 Å². The van der Waals surface area contributed by atoms with Crippen molar-refractivity contribution in [1.82, 2.24) is 15.2 Å². The van der Waals surface area contributed by atoms with Crippen LogP contribution in [0.1, 0.15) is 20.3 Å². The van der Waals surface area contributed by atoms with Gasteiger partial charge >= 0.3 is 5.97 Å². The van der Waals surface area contributed by atoms with Crippen LogP contribution in [0.25, 0.3) is 0 Å². The molecule has 108 valence electrons. The first-order valence-corrected chi connectivity index (χ1v) is 6.71. The van der Waals surface area contributed by atoms with Crippen molar-refractivity contribution in [2.45, 2.75) is 6.04 Å². The number of carbonyl (C=O) groups excluding carboxylic acids is 2. The number of carboxylic acid groups (broad SMARTS) is 1. The molecule has 1 fully saturated rings. The summed E-state index contributed by atoms with van der Waals surface area (Å²) in [7, 11) is 1.48. The summed E-state index contributed by atoms with van der Waals surface area (Å²) in [6, 6.07) is -0.724. The third-order valence-electron chi connectivity index (χ3n) is 2.84. The van der Waals surface area contributed by atoms with Crippen LogP contribution in [0.5, 0.6) is 0 Å². The summed E-state index contributed by atoms with van der Waals surface area (Å²) in [5, 5.41) is 12.6. The lowest BCUT2D eigenvalue weighted by atomic mass is 10.2. The number of likely N-dealkylation sites (N-methyl/N-ethyl adjacent to an activating group) is 1. The zero-order valence-electron chi connectivity index (χ0n) is 10.7. The summed E-state index contributed by atoms with van der Waals surface area (Å²) in [6.45, 7) is 0.706. The quantitative estimate of drug-likeness (QED) is 0.773. The van der Waals surface area contributed by atoms with Crippen molar-refractivity contribution in [2.75, 3.05) is 26.8 Å². The Kier molecular flexibility index (Phi) is 4.30. The molecule has 8 nitrogen and oxygen atoms in total. The second kappa shape index (κ2) is 5.97. The van der Waals surface area contributed by atoms with Gasteiger partial charge in [0.1, 0.15) is 6.04 Å². The second-order valence-corrected chi connectivity index (χ2v) is 4.90. The molecule has 0 spiro atoms. The molecular weight excluding hydrogens is 286 g/mol. The SMILES string of the molecule is CNC(=O)C1COCCN1C(=O)c1nc(C(=O)O)cs1. The topological polar surface area (TPSA) is 109 Å². The van der Waals surface area contributed by atoms with Gasteiger partial charge in [-0.3, -0.25) is 9.59 Å². The monoisotopic (exact) mass is 299 g/mol. The number of rotatable bonds is 3. The number of aromatic nitrogens is 1. The van der Waals surface area contributed by atoms with Crippen LogP contribution in [0.15, 0.2) is 5.38 Å². The van der Waals surface area contributed by atoms with Gasteiger partial charge in [0.25, 0.3) is 5.91 Å². The number of ether oxygens (including phenoxy) is 1. The molecule has 1 saturated heterocycles. The number of carbonyl (C=O) groups is 3. The Labute approximate surface area is 118 Å². The lowest BCUT2D eigenvalue weighted by Gasteiger charge is -2.33. The molecule has 1 atom stereocenters. The van der Waals surface area contributed by atoms with Gasteiger partial charge in [0, 0.05) is 19.0 Å². The highest BCUT2D eigenvalue weighted by Crippen LogP contribution is 2.16. The average molecular weight is 299 g/mol. The van der Waals surface area contributed by atoms with E-state index in [0.29, 0.717) is 6.61 Å². The van der Waals surface area contributed by atoms with Crippen LogP contribution < -0.4 is 5.32 Å². The van der Waals surface area contributed by atoms with Gasteiger partial charge in [-0.15, -0.1) is 11.3 Å². The number of amides is 2. The van der Waals surface area contributed by atoms with E-state index in [9.17, 15) is 14.4 Å². The molecule has 0 bridgehead atoms. The molecule has 2 N–H and O–H groups in total. The zero-order valence-corrected chi connectivity index (χ0v) is 11.5. The van der Waals surface area contributed by atoms with Gasteiger partial charge in [0.05, 0.1) is 13.2 Å². The standard InChI is InChI=1S/C11H13N3O5S/c1-12-8(15)7-4-19-3-2-14(7)10(16)9-13-6(5-20-9)11(17)18/h5,7H,2-4H2,1H3,(H,12,15)(H,17,18). The number of morpholine rings is 1.